The van der Waals surface area contributed by atoms with Crippen LogP contribution in [0.25, 0.3) is 0 Å². The Hall–Kier alpha value is -2.03. The summed E-state index contributed by atoms with van der Waals surface area (Å²) in [5.41, 5.74) is 1.72. The second-order valence-corrected chi connectivity index (χ2v) is 6.38. The fourth-order valence-electron chi connectivity index (χ4n) is 2.84. The van der Waals surface area contributed by atoms with E-state index in [0.717, 1.165) is 50.0 Å². The summed E-state index contributed by atoms with van der Waals surface area (Å²) in [6, 6.07) is 7.56. The number of Topliss-reactive ketones (excluding diaryl/α,β-unsaturated/α-hetero) is 1. The molecule has 1 aromatic carbocycles. The van der Waals surface area contributed by atoms with Crippen LogP contribution in [0, 0.1) is 17.8 Å². The summed E-state index contributed by atoms with van der Waals surface area (Å²) < 4.78 is 0. The maximum atomic E-state index is 11.9. The van der Waals surface area contributed by atoms with Crippen molar-refractivity contribution in [1.82, 2.24) is 9.80 Å². The topological polar surface area (TPSA) is 60.9 Å². The van der Waals surface area contributed by atoms with E-state index >= 15 is 0 Å². The minimum atomic E-state index is -0.835. The van der Waals surface area contributed by atoms with Crippen LogP contribution < -0.4 is 0 Å². The van der Waals surface area contributed by atoms with Gasteiger partial charge in [0.1, 0.15) is 0 Å². The Bertz CT molecular complexity index is 666. The van der Waals surface area contributed by atoms with E-state index in [-0.39, 0.29) is 24.1 Å². The predicted octanol–water partition coefficient (Wildman–Crippen LogP) is 2.74. The molecule has 2 aliphatic rings. The van der Waals surface area contributed by atoms with Gasteiger partial charge in [0.05, 0.1) is 0 Å². The van der Waals surface area contributed by atoms with Crippen molar-refractivity contribution in [3.63, 3.8) is 0 Å². The largest absolute Gasteiger partial charge is 0.465 e. The molecule has 25 heavy (non-hydrogen) atoms. The van der Waals surface area contributed by atoms with Crippen molar-refractivity contribution in [2.24, 2.45) is 5.92 Å². The maximum absolute atomic E-state index is 11.9. The first-order valence-corrected chi connectivity index (χ1v) is 8.47. The Kier molecular flexibility index (Phi) is 6.86. The molecule has 0 spiro atoms. The molecule has 1 saturated carbocycles. The second-order valence-electron chi connectivity index (χ2n) is 6.38. The number of carbonyl (C=O) groups is 2. The first-order valence-electron chi connectivity index (χ1n) is 8.47. The van der Waals surface area contributed by atoms with Gasteiger partial charge in [-0.2, -0.15) is 0 Å². The lowest BCUT2D eigenvalue weighted by Crippen LogP contribution is -2.48. The molecule has 1 aliphatic heterocycles. The number of nitrogens with zero attached hydrogens (tertiary/aromatic N) is 2. The second kappa shape index (κ2) is 8.89. The number of carbonyl (C=O) groups excluding carboxylic acids is 1. The van der Waals surface area contributed by atoms with Crippen molar-refractivity contribution in [2.45, 2.75) is 19.3 Å². The van der Waals surface area contributed by atoms with Crippen molar-refractivity contribution >= 4 is 24.3 Å². The smallest absolute Gasteiger partial charge is 0.407 e. The first-order chi connectivity index (χ1) is 11.6. The zero-order valence-corrected chi connectivity index (χ0v) is 14.9. The Balaban J connectivity index is 0.00000225. The summed E-state index contributed by atoms with van der Waals surface area (Å²) in [6.07, 6.45) is 1.98. The summed E-state index contributed by atoms with van der Waals surface area (Å²) in [5.74, 6) is 6.80. The molecule has 1 aromatic rings. The number of halogens is 1. The Morgan fingerprint density at radius 1 is 1.08 bits per heavy atom. The molecule has 1 aliphatic carbocycles. The normalized spacial score (nSPS) is 17.2. The monoisotopic (exact) mass is 362 g/mol. The van der Waals surface area contributed by atoms with E-state index in [4.69, 9.17) is 5.11 Å². The van der Waals surface area contributed by atoms with Crippen LogP contribution in [0.4, 0.5) is 4.79 Å². The van der Waals surface area contributed by atoms with Gasteiger partial charge in [0, 0.05) is 56.2 Å². The van der Waals surface area contributed by atoms with Crippen molar-refractivity contribution in [1.29, 1.82) is 0 Å². The Morgan fingerprint density at radius 2 is 1.72 bits per heavy atom. The van der Waals surface area contributed by atoms with Gasteiger partial charge in [0.15, 0.2) is 5.78 Å². The average molecular weight is 363 g/mol. The predicted molar refractivity (Wildman–Crippen MR) is 98.3 cm³/mol. The van der Waals surface area contributed by atoms with Crippen molar-refractivity contribution in [3.8, 4) is 11.8 Å². The molecule has 1 heterocycles. The van der Waals surface area contributed by atoms with Crippen molar-refractivity contribution in [3.05, 3.63) is 35.4 Å². The molecule has 6 heteroatoms. The molecule has 3 rings (SSSR count). The molecular weight excluding hydrogens is 340 g/mol. The molecule has 0 unspecified atom stereocenters. The summed E-state index contributed by atoms with van der Waals surface area (Å²) in [5, 5.41) is 8.92. The number of benzene rings is 1. The van der Waals surface area contributed by atoms with Gasteiger partial charge in [-0.05, 0) is 25.0 Å². The van der Waals surface area contributed by atoms with Crippen molar-refractivity contribution in [2.75, 3.05) is 32.7 Å². The van der Waals surface area contributed by atoms with Crippen LogP contribution >= 0.6 is 12.4 Å². The zero-order valence-electron chi connectivity index (χ0n) is 14.1. The minimum absolute atomic E-state index is 0. The van der Waals surface area contributed by atoms with E-state index in [9.17, 15) is 9.59 Å². The zero-order chi connectivity index (χ0) is 16.9. The third-order valence-corrected chi connectivity index (χ3v) is 4.55. The molecule has 0 radical (unpaired) electrons. The third-order valence-electron chi connectivity index (χ3n) is 4.55. The SMILES string of the molecule is Cl.O=C(c1ccc(C#CCCN2CCN(C(=O)O)CC2)cc1)C1CC1. The molecular formula is C19H23ClN2O3. The van der Waals surface area contributed by atoms with E-state index < -0.39 is 6.09 Å². The number of carboxylic acid groups (broad SMARTS) is 1. The fraction of sp³-hybridized carbons (Fsp3) is 0.474. The number of amides is 1. The Labute approximate surface area is 154 Å². The number of ketones is 1. The summed E-state index contributed by atoms with van der Waals surface area (Å²) in [4.78, 5) is 26.5. The lowest BCUT2D eigenvalue weighted by atomic mass is 10.1. The molecule has 1 saturated heterocycles. The van der Waals surface area contributed by atoms with Gasteiger partial charge in [-0.3, -0.25) is 9.69 Å². The molecule has 0 atom stereocenters. The molecule has 134 valence electrons. The summed E-state index contributed by atoms with van der Waals surface area (Å²) in [7, 11) is 0. The third kappa shape index (κ3) is 5.48. The molecule has 0 aromatic heterocycles. The van der Waals surface area contributed by atoms with Crippen LogP contribution in [-0.2, 0) is 0 Å². The molecule has 1 amide bonds. The summed E-state index contributed by atoms with van der Waals surface area (Å²) >= 11 is 0. The van der Waals surface area contributed by atoms with Crippen LogP contribution in [0.15, 0.2) is 24.3 Å². The quantitative estimate of drug-likeness (QED) is 0.661. The van der Waals surface area contributed by atoms with Crippen molar-refractivity contribution < 1.29 is 14.7 Å². The fourth-order valence-corrected chi connectivity index (χ4v) is 2.84. The van der Waals surface area contributed by atoms with E-state index in [0.29, 0.717) is 13.1 Å². The van der Waals surface area contributed by atoms with E-state index in [1.165, 1.54) is 4.90 Å². The molecule has 0 bridgehead atoms. The number of hydrogen-bond acceptors (Lipinski definition) is 3. The van der Waals surface area contributed by atoms with Gasteiger partial charge < -0.3 is 10.0 Å². The molecule has 5 nitrogen and oxygen atoms in total. The van der Waals surface area contributed by atoms with E-state index in [2.05, 4.69) is 16.7 Å². The van der Waals surface area contributed by atoms with Gasteiger partial charge in [0.2, 0.25) is 0 Å². The number of hydrogen-bond donors (Lipinski definition) is 1. The molecule has 2 fully saturated rings. The van der Waals surface area contributed by atoms with Crippen LogP contribution in [0.2, 0.25) is 0 Å². The minimum Gasteiger partial charge on any atom is -0.465 e. The van der Waals surface area contributed by atoms with Gasteiger partial charge in [-0.25, -0.2) is 4.79 Å². The highest BCUT2D eigenvalue weighted by molar-refractivity contribution is 5.99. The van der Waals surface area contributed by atoms with E-state index in [1.54, 1.807) is 0 Å². The number of piperazine rings is 1. The van der Waals surface area contributed by atoms with Gasteiger partial charge in [-0.1, -0.05) is 24.0 Å². The highest BCUT2D eigenvalue weighted by Crippen LogP contribution is 2.32. The van der Waals surface area contributed by atoms with Crippen LogP contribution in [0.1, 0.15) is 35.2 Å². The first kappa shape index (κ1) is 19.3. The Morgan fingerprint density at radius 3 is 2.28 bits per heavy atom. The summed E-state index contributed by atoms with van der Waals surface area (Å²) in [6.45, 7) is 3.54. The number of rotatable bonds is 4. The van der Waals surface area contributed by atoms with Gasteiger partial charge >= 0.3 is 6.09 Å². The lowest BCUT2D eigenvalue weighted by molar-refractivity contribution is 0.0967. The van der Waals surface area contributed by atoms with Crippen LogP contribution in [0.5, 0.6) is 0 Å². The average Bonchev–Trinajstić information content (AvgIpc) is 3.44. The standard InChI is InChI=1S/C19H22N2O3.ClH/c22-18(17-8-9-17)16-6-4-15(5-7-16)3-1-2-10-20-11-13-21(14-12-20)19(23)24;/h4-7,17H,2,8-14H2,(H,23,24);1H. The highest BCUT2D eigenvalue weighted by atomic mass is 35.5. The highest BCUT2D eigenvalue weighted by Gasteiger charge is 2.30. The van der Waals surface area contributed by atoms with E-state index in [1.807, 2.05) is 24.3 Å². The maximum Gasteiger partial charge on any atom is 0.407 e. The van der Waals surface area contributed by atoms with Crippen LogP contribution in [0.3, 0.4) is 0 Å². The molecule has 1 N–H and O–H groups in total. The van der Waals surface area contributed by atoms with Crippen LogP contribution in [-0.4, -0.2) is 59.5 Å². The van der Waals surface area contributed by atoms with Gasteiger partial charge in [0.25, 0.3) is 0 Å². The van der Waals surface area contributed by atoms with Gasteiger partial charge in [-0.15, -0.1) is 12.4 Å². The lowest BCUT2D eigenvalue weighted by Gasteiger charge is -2.32.